The number of aliphatic hydroxyl groups excluding tert-OH is 1. The third-order valence-electron chi connectivity index (χ3n) is 3.97. The Morgan fingerprint density at radius 1 is 1.25 bits per heavy atom. The fourth-order valence-corrected chi connectivity index (χ4v) is 2.89. The van der Waals surface area contributed by atoms with Crippen molar-refractivity contribution in [3.05, 3.63) is 29.3 Å². The van der Waals surface area contributed by atoms with Gasteiger partial charge in [-0.1, -0.05) is 19.9 Å². The molecule has 0 spiro atoms. The minimum atomic E-state index is -0.404. The summed E-state index contributed by atoms with van der Waals surface area (Å²) in [6.07, 6.45) is 2.10. The highest BCUT2D eigenvalue weighted by Gasteiger charge is 2.16. The smallest absolute Gasteiger partial charge is 0.119 e. The Kier molecular flexibility index (Phi) is 5.44. The van der Waals surface area contributed by atoms with E-state index in [1.807, 2.05) is 6.07 Å². The molecule has 1 fully saturated rings. The average Bonchev–Trinajstić information content (AvgIpc) is 2.89. The van der Waals surface area contributed by atoms with Gasteiger partial charge in [0.05, 0.1) is 0 Å². The predicted molar refractivity (Wildman–Crippen MR) is 82.4 cm³/mol. The molecule has 1 unspecified atom stereocenters. The van der Waals surface area contributed by atoms with E-state index in [1.165, 1.54) is 24.0 Å². The first-order valence-electron chi connectivity index (χ1n) is 7.70. The maximum Gasteiger partial charge on any atom is 0.119 e. The normalized spacial score (nSPS) is 17.6. The van der Waals surface area contributed by atoms with Gasteiger partial charge in [-0.15, -0.1) is 0 Å². The van der Waals surface area contributed by atoms with Crippen LogP contribution in [0.1, 0.15) is 43.7 Å². The van der Waals surface area contributed by atoms with Crippen LogP contribution in [0.15, 0.2) is 18.2 Å². The summed E-state index contributed by atoms with van der Waals surface area (Å²) in [5.41, 5.74) is 2.61. The molecular formula is C17H27NO2. The summed E-state index contributed by atoms with van der Waals surface area (Å²) in [5.74, 6) is 1.39. The fraction of sp³-hybridized carbons (Fsp3) is 0.647. The largest absolute Gasteiger partial charge is 0.491 e. The quantitative estimate of drug-likeness (QED) is 0.867. The first kappa shape index (κ1) is 15.3. The molecule has 20 heavy (non-hydrogen) atoms. The van der Waals surface area contributed by atoms with Gasteiger partial charge >= 0.3 is 0 Å². The van der Waals surface area contributed by atoms with Crippen molar-refractivity contribution in [2.24, 2.45) is 0 Å². The molecule has 3 nitrogen and oxygen atoms in total. The summed E-state index contributed by atoms with van der Waals surface area (Å²) in [4.78, 5) is 2.31. The average molecular weight is 277 g/mol. The molecule has 1 aromatic rings. The van der Waals surface area contributed by atoms with Crippen molar-refractivity contribution >= 4 is 0 Å². The summed E-state index contributed by atoms with van der Waals surface area (Å²) in [6.45, 7) is 9.83. The van der Waals surface area contributed by atoms with E-state index in [4.69, 9.17) is 4.74 Å². The zero-order chi connectivity index (χ0) is 14.5. The Morgan fingerprint density at radius 3 is 2.55 bits per heavy atom. The van der Waals surface area contributed by atoms with Crippen LogP contribution in [0.5, 0.6) is 5.75 Å². The lowest BCUT2D eigenvalue weighted by Gasteiger charge is -2.20. The number of hydrogen-bond acceptors (Lipinski definition) is 3. The lowest BCUT2D eigenvalue weighted by molar-refractivity contribution is 0.0758. The highest BCUT2D eigenvalue weighted by atomic mass is 16.5. The molecule has 1 heterocycles. The minimum absolute atomic E-state index is 0.372. The van der Waals surface area contributed by atoms with Crippen molar-refractivity contribution in [3.8, 4) is 5.75 Å². The second-order valence-electron chi connectivity index (χ2n) is 6.15. The van der Waals surface area contributed by atoms with Crippen LogP contribution in [0.4, 0.5) is 0 Å². The van der Waals surface area contributed by atoms with Crippen molar-refractivity contribution in [1.82, 2.24) is 4.90 Å². The van der Waals surface area contributed by atoms with Crippen molar-refractivity contribution in [3.63, 3.8) is 0 Å². The third kappa shape index (κ3) is 4.22. The molecule has 0 bridgehead atoms. The molecule has 1 saturated heterocycles. The molecule has 3 heteroatoms. The summed E-state index contributed by atoms with van der Waals surface area (Å²) in [6, 6.07) is 6.20. The Bertz CT molecular complexity index is 425. The summed E-state index contributed by atoms with van der Waals surface area (Å²) < 4.78 is 5.72. The minimum Gasteiger partial charge on any atom is -0.491 e. The molecule has 1 aliphatic heterocycles. The molecule has 1 N–H and O–H groups in total. The number of hydrogen-bond donors (Lipinski definition) is 1. The first-order valence-corrected chi connectivity index (χ1v) is 7.70. The topological polar surface area (TPSA) is 32.7 Å². The Balaban J connectivity index is 1.82. The Hall–Kier alpha value is -1.06. The molecule has 0 radical (unpaired) electrons. The fourth-order valence-electron chi connectivity index (χ4n) is 2.89. The number of ether oxygens (including phenoxy) is 1. The Labute approximate surface area is 122 Å². The number of benzene rings is 1. The highest BCUT2D eigenvalue weighted by molar-refractivity contribution is 5.36. The van der Waals surface area contributed by atoms with E-state index < -0.39 is 6.10 Å². The molecule has 0 aromatic heterocycles. The van der Waals surface area contributed by atoms with Crippen LogP contribution < -0.4 is 4.74 Å². The number of β-amino-alcohol motifs (C(OH)–C–C–N with tert-alkyl or cyclic N) is 1. The van der Waals surface area contributed by atoms with Crippen LogP contribution in [-0.2, 0) is 0 Å². The molecule has 0 amide bonds. The zero-order valence-corrected chi connectivity index (χ0v) is 12.9. The molecule has 2 rings (SSSR count). The van der Waals surface area contributed by atoms with Crippen molar-refractivity contribution in [1.29, 1.82) is 0 Å². The van der Waals surface area contributed by atoms with Gasteiger partial charge in [-0.25, -0.2) is 0 Å². The van der Waals surface area contributed by atoms with Gasteiger partial charge in [0.1, 0.15) is 18.5 Å². The highest BCUT2D eigenvalue weighted by Crippen LogP contribution is 2.23. The van der Waals surface area contributed by atoms with Gasteiger partial charge in [-0.3, -0.25) is 0 Å². The third-order valence-corrected chi connectivity index (χ3v) is 3.97. The van der Waals surface area contributed by atoms with Gasteiger partial charge in [-0.05, 0) is 62.0 Å². The van der Waals surface area contributed by atoms with Crippen LogP contribution >= 0.6 is 0 Å². The number of rotatable bonds is 6. The monoisotopic (exact) mass is 277 g/mol. The first-order chi connectivity index (χ1) is 9.56. The lowest BCUT2D eigenvalue weighted by Crippen LogP contribution is -2.33. The van der Waals surface area contributed by atoms with Crippen LogP contribution in [0.3, 0.4) is 0 Å². The molecule has 1 aliphatic rings. The molecule has 112 valence electrons. The van der Waals surface area contributed by atoms with Gasteiger partial charge in [0.15, 0.2) is 0 Å². The maximum absolute atomic E-state index is 10.0. The second kappa shape index (κ2) is 7.09. The van der Waals surface area contributed by atoms with Gasteiger partial charge < -0.3 is 14.7 Å². The van der Waals surface area contributed by atoms with Crippen LogP contribution in [0.2, 0.25) is 0 Å². The molecule has 1 atom stereocenters. The summed E-state index contributed by atoms with van der Waals surface area (Å²) in [5, 5.41) is 10.0. The van der Waals surface area contributed by atoms with Gasteiger partial charge in [0.2, 0.25) is 0 Å². The summed E-state index contributed by atoms with van der Waals surface area (Å²) in [7, 11) is 0. The van der Waals surface area contributed by atoms with Gasteiger partial charge in [-0.2, -0.15) is 0 Å². The zero-order valence-electron chi connectivity index (χ0n) is 12.9. The van der Waals surface area contributed by atoms with Crippen LogP contribution in [0.25, 0.3) is 0 Å². The van der Waals surface area contributed by atoms with Crippen molar-refractivity contribution < 1.29 is 9.84 Å². The standard InChI is InChI=1S/C17H27NO2/c1-13(2)17-7-6-16(10-14(17)3)20-12-15(19)11-18-8-4-5-9-18/h6-7,10,13,15,19H,4-5,8-9,11-12H2,1-3H3. The Morgan fingerprint density at radius 2 is 1.95 bits per heavy atom. The molecule has 0 aliphatic carbocycles. The maximum atomic E-state index is 10.0. The number of nitrogens with zero attached hydrogens (tertiary/aromatic N) is 1. The van der Waals surface area contributed by atoms with E-state index >= 15 is 0 Å². The lowest BCUT2D eigenvalue weighted by atomic mass is 9.98. The molecule has 0 saturated carbocycles. The van der Waals surface area contributed by atoms with E-state index in [1.54, 1.807) is 0 Å². The number of aryl methyl sites for hydroxylation is 1. The predicted octanol–water partition coefficient (Wildman–Crippen LogP) is 2.95. The van der Waals surface area contributed by atoms with E-state index in [9.17, 15) is 5.11 Å². The van der Waals surface area contributed by atoms with E-state index in [0.717, 1.165) is 25.4 Å². The van der Waals surface area contributed by atoms with Gasteiger partial charge in [0, 0.05) is 6.54 Å². The molecular weight excluding hydrogens is 250 g/mol. The van der Waals surface area contributed by atoms with E-state index in [-0.39, 0.29) is 0 Å². The van der Waals surface area contributed by atoms with Crippen LogP contribution in [-0.4, -0.2) is 42.4 Å². The van der Waals surface area contributed by atoms with Crippen molar-refractivity contribution in [2.45, 2.75) is 45.6 Å². The van der Waals surface area contributed by atoms with E-state index in [2.05, 4.69) is 37.8 Å². The second-order valence-corrected chi connectivity index (χ2v) is 6.15. The van der Waals surface area contributed by atoms with Gasteiger partial charge in [0.25, 0.3) is 0 Å². The van der Waals surface area contributed by atoms with Crippen molar-refractivity contribution in [2.75, 3.05) is 26.2 Å². The van der Waals surface area contributed by atoms with Crippen LogP contribution in [0, 0.1) is 6.92 Å². The number of likely N-dealkylation sites (tertiary alicyclic amines) is 1. The number of aliphatic hydroxyl groups is 1. The SMILES string of the molecule is Cc1cc(OCC(O)CN2CCCC2)ccc1C(C)C. The molecule has 1 aromatic carbocycles. The van der Waals surface area contributed by atoms with E-state index in [0.29, 0.717) is 12.5 Å². The summed E-state index contributed by atoms with van der Waals surface area (Å²) >= 11 is 0.